The molecule has 0 bridgehead atoms. The third-order valence-corrected chi connectivity index (χ3v) is 6.09. The van der Waals surface area contributed by atoms with Crippen molar-refractivity contribution >= 4 is 34.5 Å². The zero-order valence-electron chi connectivity index (χ0n) is 21.5. The highest BCUT2D eigenvalue weighted by molar-refractivity contribution is 6.01. The van der Waals surface area contributed by atoms with Gasteiger partial charge in [-0.3, -0.25) is 20.0 Å². The van der Waals surface area contributed by atoms with Gasteiger partial charge in [0.15, 0.2) is 0 Å². The summed E-state index contributed by atoms with van der Waals surface area (Å²) < 4.78 is 17.1. The number of hydrogen-bond acceptors (Lipinski definition) is 5. The van der Waals surface area contributed by atoms with Gasteiger partial charge >= 0.3 is 6.03 Å². The van der Waals surface area contributed by atoms with Crippen LogP contribution in [0, 0.1) is 5.82 Å². The van der Waals surface area contributed by atoms with E-state index in [0.29, 0.717) is 17.2 Å². The molecule has 0 aliphatic heterocycles. The molecule has 0 unspecified atom stereocenters. The summed E-state index contributed by atoms with van der Waals surface area (Å²) in [7, 11) is 1.87. The van der Waals surface area contributed by atoms with E-state index < -0.39 is 11.8 Å². The normalized spacial score (nSPS) is 11.5. The molecule has 10 heteroatoms. The number of carbonyl (C=O) groups is 1. The summed E-state index contributed by atoms with van der Waals surface area (Å²) in [5, 5.41) is 15.7. The van der Waals surface area contributed by atoms with Crippen molar-refractivity contribution in [1.29, 1.82) is 0 Å². The minimum absolute atomic E-state index is 0.286. The van der Waals surface area contributed by atoms with Crippen LogP contribution in [0.5, 0.6) is 0 Å². The van der Waals surface area contributed by atoms with Gasteiger partial charge in [-0.25, -0.2) is 13.9 Å². The molecule has 4 aromatic heterocycles. The third-order valence-electron chi connectivity index (χ3n) is 6.09. The second-order valence-corrected chi connectivity index (χ2v) is 9.89. The van der Waals surface area contributed by atoms with Crippen molar-refractivity contribution in [3.05, 3.63) is 85.0 Å². The van der Waals surface area contributed by atoms with Crippen LogP contribution in [0.15, 0.2) is 67.8 Å². The van der Waals surface area contributed by atoms with E-state index in [1.165, 1.54) is 16.9 Å². The van der Waals surface area contributed by atoms with Crippen molar-refractivity contribution in [2.45, 2.75) is 26.2 Å². The number of anilines is 2. The van der Waals surface area contributed by atoms with E-state index in [9.17, 15) is 9.18 Å². The molecule has 2 N–H and O–H groups in total. The molecule has 4 heterocycles. The maximum atomic E-state index is 13.8. The highest BCUT2D eigenvalue weighted by Crippen LogP contribution is 2.31. The fourth-order valence-corrected chi connectivity index (χ4v) is 4.15. The van der Waals surface area contributed by atoms with E-state index in [2.05, 4.69) is 37.4 Å². The van der Waals surface area contributed by atoms with Gasteiger partial charge in [-0.15, -0.1) is 0 Å². The maximum absolute atomic E-state index is 13.8. The fraction of sp³-hybridized carbons (Fsp3) is 0.179. The minimum atomic E-state index is -0.497. The topological polar surface area (TPSA) is 103 Å². The van der Waals surface area contributed by atoms with Crippen molar-refractivity contribution in [3.63, 3.8) is 0 Å². The smallest absolute Gasteiger partial charge is 0.308 e. The SMILES string of the molecule is C=Cc1nn(C)c2cncc(-c3ccc(NC(=O)Nc4cc(C(C)(C)C)nn4-c4cncc(F)c4)cc3)c12. The van der Waals surface area contributed by atoms with Crippen LogP contribution in [-0.2, 0) is 12.5 Å². The lowest BCUT2D eigenvalue weighted by atomic mass is 9.92. The first-order valence-electron chi connectivity index (χ1n) is 12.0. The molecule has 5 aromatic rings. The Hall–Kier alpha value is -4.86. The van der Waals surface area contributed by atoms with Gasteiger partial charge in [-0.2, -0.15) is 10.2 Å². The summed E-state index contributed by atoms with van der Waals surface area (Å²) in [6.45, 7) is 9.90. The molecular weight excluding hydrogens is 483 g/mol. The van der Waals surface area contributed by atoms with Gasteiger partial charge in [0.1, 0.15) is 11.6 Å². The van der Waals surface area contributed by atoms with Crippen LogP contribution < -0.4 is 10.6 Å². The van der Waals surface area contributed by atoms with Gasteiger partial charge < -0.3 is 5.32 Å². The van der Waals surface area contributed by atoms with Gasteiger partial charge in [0, 0.05) is 47.4 Å². The Labute approximate surface area is 219 Å². The van der Waals surface area contributed by atoms with E-state index in [1.54, 1.807) is 29.2 Å². The molecule has 9 nitrogen and oxygen atoms in total. The largest absolute Gasteiger partial charge is 0.324 e. The Kier molecular flexibility index (Phi) is 6.23. The van der Waals surface area contributed by atoms with Crippen molar-refractivity contribution in [1.82, 2.24) is 29.5 Å². The van der Waals surface area contributed by atoms with Gasteiger partial charge in [-0.1, -0.05) is 39.5 Å². The van der Waals surface area contributed by atoms with Gasteiger partial charge in [0.25, 0.3) is 0 Å². The minimum Gasteiger partial charge on any atom is -0.308 e. The van der Waals surface area contributed by atoms with E-state index >= 15 is 0 Å². The average Bonchev–Trinajstić information content (AvgIpc) is 3.45. The van der Waals surface area contributed by atoms with Crippen LogP contribution in [0.25, 0.3) is 33.8 Å². The van der Waals surface area contributed by atoms with Crippen molar-refractivity contribution < 1.29 is 9.18 Å². The number of hydrogen-bond donors (Lipinski definition) is 2. The molecule has 0 aliphatic rings. The number of halogens is 1. The van der Waals surface area contributed by atoms with Gasteiger partial charge in [-0.05, 0) is 23.8 Å². The highest BCUT2D eigenvalue weighted by Gasteiger charge is 2.22. The molecule has 0 fully saturated rings. The van der Waals surface area contributed by atoms with Crippen molar-refractivity contribution in [2.24, 2.45) is 7.05 Å². The standard InChI is InChI=1S/C28H27FN8O/c1-6-22-26-21(15-31-16-23(26)36(5)34-22)17-7-9-19(10-8-17)32-27(38)33-25-12-24(28(2,3)4)35-37(25)20-11-18(29)13-30-14-20/h6-16H,1H2,2-5H3,(H2,32,33,38). The lowest BCUT2D eigenvalue weighted by Crippen LogP contribution is -2.21. The zero-order chi connectivity index (χ0) is 27.0. The predicted molar refractivity (Wildman–Crippen MR) is 147 cm³/mol. The maximum Gasteiger partial charge on any atom is 0.324 e. The number of pyridine rings is 2. The number of nitrogens with one attached hydrogen (secondary N) is 2. The molecule has 1 aromatic carbocycles. The van der Waals surface area contributed by atoms with Crippen molar-refractivity contribution in [2.75, 3.05) is 10.6 Å². The van der Waals surface area contributed by atoms with Crippen LogP contribution in [0.2, 0.25) is 0 Å². The quantitative estimate of drug-likeness (QED) is 0.305. The summed E-state index contributed by atoms with van der Waals surface area (Å²) in [4.78, 5) is 21.2. The number of aryl methyl sites for hydroxylation is 1. The Morgan fingerprint density at radius 1 is 1.00 bits per heavy atom. The zero-order valence-corrected chi connectivity index (χ0v) is 21.5. The van der Waals surface area contributed by atoms with E-state index in [0.717, 1.165) is 39.6 Å². The summed E-state index contributed by atoms with van der Waals surface area (Å²) in [6.07, 6.45) is 7.89. The molecule has 0 saturated heterocycles. The van der Waals surface area contributed by atoms with Crippen LogP contribution >= 0.6 is 0 Å². The predicted octanol–water partition coefficient (Wildman–Crippen LogP) is 5.94. The molecule has 0 spiro atoms. The molecule has 0 aliphatic carbocycles. The van der Waals surface area contributed by atoms with E-state index in [-0.39, 0.29) is 5.41 Å². The highest BCUT2D eigenvalue weighted by atomic mass is 19.1. The number of rotatable bonds is 5. The Morgan fingerprint density at radius 3 is 2.42 bits per heavy atom. The van der Waals surface area contributed by atoms with Crippen LogP contribution in [0.4, 0.5) is 20.7 Å². The number of nitrogens with zero attached hydrogens (tertiary/aromatic N) is 6. The molecule has 38 heavy (non-hydrogen) atoms. The third kappa shape index (κ3) is 4.75. The second-order valence-electron chi connectivity index (χ2n) is 9.89. The number of benzene rings is 1. The number of fused-ring (bicyclic) bond motifs is 1. The van der Waals surface area contributed by atoms with E-state index in [4.69, 9.17) is 0 Å². The molecule has 192 valence electrons. The fourth-order valence-electron chi connectivity index (χ4n) is 4.15. The van der Waals surface area contributed by atoms with Crippen molar-refractivity contribution in [3.8, 4) is 16.8 Å². The molecule has 0 radical (unpaired) electrons. The Balaban J connectivity index is 1.39. The van der Waals surface area contributed by atoms with Gasteiger partial charge in [0.05, 0.1) is 41.2 Å². The Bertz CT molecular complexity index is 1660. The summed E-state index contributed by atoms with van der Waals surface area (Å²) in [6, 6.07) is 10.1. The summed E-state index contributed by atoms with van der Waals surface area (Å²) in [5.41, 5.74) is 4.97. The first-order chi connectivity index (χ1) is 18.1. The van der Waals surface area contributed by atoms with E-state index in [1.807, 2.05) is 52.1 Å². The first kappa shape index (κ1) is 24.8. The Morgan fingerprint density at radius 2 is 1.74 bits per heavy atom. The number of urea groups is 1. The average molecular weight is 511 g/mol. The van der Waals surface area contributed by atoms with Crippen LogP contribution in [-0.4, -0.2) is 35.6 Å². The number of amides is 2. The lowest BCUT2D eigenvalue weighted by Gasteiger charge is -2.14. The summed E-state index contributed by atoms with van der Waals surface area (Å²) in [5.74, 6) is -0.106. The summed E-state index contributed by atoms with van der Waals surface area (Å²) >= 11 is 0. The molecular formula is C28H27FN8O. The molecule has 2 amide bonds. The molecule has 5 rings (SSSR count). The first-order valence-corrected chi connectivity index (χ1v) is 12.0. The van der Waals surface area contributed by atoms with Gasteiger partial charge in [0.2, 0.25) is 0 Å². The lowest BCUT2D eigenvalue weighted by molar-refractivity contribution is 0.262. The molecule has 0 saturated carbocycles. The molecule has 0 atom stereocenters. The number of carbonyl (C=O) groups excluding carboxylic acids is 1. The van der Waals surface area contributed by atoms with Crippen LogP contribution in [0.3, 0.4) is 0 Å². The number of aromatic nitrogens is 6. The second kappa shape index (κ2) is 9.55. The monoisotopic (exact) mass is 510 g/mol. The van der Waals surface area contributed by atoms with Crippen LogP contribution in [0.1, 0.15) is 32.2 Å².